The van der Waals surface area contributed by atoms with Gasteiger partial charge in [-0.05, 0) is 63.0 Å². The fourth-order valence-corrected chi connectivity index (χ4v) is 8.77. The van der Waals surface area contributed by atoms with Crippen LogP contribution >= 0.6 is 0 Å². The highest BCUT2D eigenvalue weighted by Crippen LogP contribution is 2.45. The van der Waals surface area contributed by atoms with Gasteiger partial charge in [0, 0.05) is 38.2 Å². The van der Waals surface area contributed by atoms with Gasteiger partial charge in [0.25, 0.3) is 0 Å². The Labute approximate surface area is 333 Å². The quantitative estimate of drug-likeness (QED) is 0.176. The third kappa shape index (κ3) is 5.00. The highest BCUT2D eigenvalue weighted by Gasteiger charge is 2.24. The van der Waals surface area contributed by atoms with Crippen molar-refractivity contribution in [1.82, 2.24) is 19.5 Å². The Hall–Kier alpha value is -7.89. The van der Waals surface area contributed by atoms with Crippen LogP contribution in [0.4, 0.5) is 0 Å². The van der Waals surface area contributed by atoms with Crippen LogP contribution in [-0.2, 0) is 0 Å². The Balaban J connectivity index is 1.13. The van der Waals surface area contributed by atoms with E-state index in [-0.39, 0.29) is 0 Å². The maximum absolute atomic E-state index is 6.94. The SMILES string of the molecule is c1ccc(-c2ccc(-c3nc(-c4ccccc4)nc(-c4ccc(-n5c6ccc7ccccc7c6c6c7ccccc7ccc65)c5oc6ccccc6c45)n3)cc2)cc1. The monoisotopic (exact) mass is 740 g/mol. The van der Waals surface area contributed by atoms with Gasteiger partial charge in [0.05, 0.1) is 16.7 Å². The summed E-state index contributed by atoms with van der Waals surface area (Å²) < 4.78 is 9.31. The van der Waals surface area contributed by atoms with E-state index in [1.54, 1.807) is 0 Å². The summed E-state index contributed by atoms with van der Waals surface area (Å²) in [7, 11) is 0. The molecule has 0 aliphatic heterocycles. The number of fused-ring (bicyclic) bond motifs is 10. The second-order valence-electron chi connectivity index (χ2n) is 14.7. The predicted molar refractivity (Wildman–Crippen MR) is 238 cm³/mol. The van der Waals surface area contributed by atoms with Crippen LogP contribution in [0.3, 0.4) is 0 Å². The molecule has 0 saturated heterocycles. The molecule has 3 aromatic heterocycles. The number of hydrogen-bond acceptors (Lipinski definition) is 4. The summed E-state index contributed by atoms with van der Waals surface area (Å²) in [6, 6.07) is 67.9. The van der Waals surface area contributed by atoms with Crippen LogP contribution in [0.1, 0.15) is 0 Å². The zero-order valence-corrected chi connectivity index (χ0v) is 31.2. The summed E-state index contributed by atoms with van der Waals surface area (Å²) in [6.45, 7) is 0. The largest absolute Gasteiger partial charge is 0.454 e. The number of rotatable bonds is 5. The molecule has 58 heavy (non-hydrogen) atoms. The van der Waals surface area contributed by atoms with E-state index in [2.05, 4.69) is 150 Å². The van der Waals surface area contributed by atoms with Crippen molar-refractivity contribution in [3.63, 3.8) is 0 Å². The van der Waals surface area contributed by atoms with Gasteiger partial charge in [-0.15, -0.1) is 0 Å². The Bertz CT molecular complexity index is 3460. The van der Waals surface area contributed by atoms with Gasteiger partial charge in [-0.1, -0.05) is 164 Å². The lowest BCUT2D eigenvalue weighted by atomic mass is 10.00. The van der Waals surface area contributed by atoms with Gasteiger partial charge in [0.2, 0.25) is 0 Å². The number of furan rings is 1. The van der Waals surface area contributed by atoms with Crippen molar-refractivity contribution in [3.05, 3.63) is 194 Å². The molecule has 3 heterocycles. The molecule has 0 fully saturated rings. The van der Waals surface area contributed by atoms with Crippen molar-refractivity contribution >= 4 is 65.3 Å². The lowest BCUT2D eigenvalue weighted by molar-refractivity contribution is 0.666. The van der Waals surface area contributed by atoms with Crippen molar-refractivity contribution in [1.29, 1.82) is 0 Å². The molecular formula is C53H32N4O. The standard InChI is InChI=1S/C53H32N4O/c1-3-13-33(14-4-1)34-23-25-38(26-24-34)52-54-51(37-17-5-2-6-18-37)55-53(56-52)42-29-32-45(50-47(42)41-21-11-12-22-46(41)58-50)57-43-30-27-35-15-7-9-19-39(35)48(43)49-40-20-10-8-16-36(40)28-31-44(49)57/h1-32H. The van der Waals surface area contributed by atoms with Gasteiger partial charge < -0.3 is 8.98 Å². The second-order valence-corrected chi connectivity index (χ2v) is 14.7. The fourth-order valence-electron chi connectivity index (χ4n) is 8.77. The van der Waals surface area contributed by atoms with Crippen molar-refractivity contribution in [2.75, 3.05) is 0 Å². The van der Waals surface area contributed by atoms with E-state index in [0.717, 1.165) is 66.5 Å². The van der Waals surface area contributed by atoms with E-state index in [4.69, 9.17) is 19.4 Å². The molecule has 12 aromatic rings. The normalized spacial score (nSPS) is 11.8. The van der Waals surface area contributed by atoms with Crippen LogP contribution in [0.5, 0.6) is 0 Å². The minimum atomic E-state index is 0.582. The lowest BCUT2D eigenvalue weighted by Crippen LogP contribution is -2.01. The van der Waals surface area contributed by atoms with Gasteiger partial charge in [-0.2, -0.15) is 0 Å². The predicted octanol–water partition coefficient (Wildman–Crippen LogP) is 13.8. The molecule has 270 valence electrons. The number of para-hydroxylation sites is 1. The van der Waals surface area contributed by atoms with Crippen LogP contribution in [-0.4, -0.2) is 19.5 Å². The van der Waals surface area contributed by atoms with Gasteiger partial charge >= 0.3 is 0 Å². The van der Waals surface area contributed by atoms with E-state index < -0.39 is 0 Å². The highest BCUT2D eigenvalue weighted by molar-refractivity contribution is 6.29. The van der Waals surface area contributed by atoms with E-state index in [1.165, 1.54) is 32.3 Å². The molecule has 0 N–H and O–H groups in total. The third-order valence-corrected chi connectivity index (χ3v) is 11.5. The summed E-state index contributed by atoms with van der Waals surface area (Å²) >= 11 is 0. The summed E-state index contributed by atoms with van der Waals surface area (Å²) in [5.41, 5.74) is 9.77. The second kappa shape index (κ2) is 12.8. The van der Waals surface area contributed by atoms with Crippen molar-refractivity contribution in [2.45, 2.75) is 0 Å². The summed E-state index contributed by atoms with van der Waals surface area (Å²) in [6.07, 6.45) is 0. The first-order valence-corrected chi connectivity index (χ1v) is 19.5. The van der Waals surface area contributed by atoms with Crippen molar-refractivity contribution in [2.24, 2.45) is 0 Å². The Morgan fingerprint density at radius 2 is 0.828 bits per heavy atom. The summed E-state index contributed by atoms with van der Waals surface area (Å²) in [5, 5.41) is 9.28. The summed E-state index contributed by atoms with van der Waals surface area (Å²) in [4.78, 5) is 15.5. The molecule has 0 bridgehead atoms. The van der Waals surface area contributed by atoms with Crippen LogP contribution in [0.15, 0.2) is 199 Å². The molecule has 9 aromatic carbocycles. The minimum absolute atomic E-state index is 0.582. The smallest absolute Gasteiger partial charge is 0.164 e. The molecule has 0 atom stereocenters. The molecular weight excluding hydrogens is 709 g/mol. The van der Waals surface area contributed by atoms with Gasteiger partial charge in [0.15, 0.2) is 23.1 Å². The molecule has 0 aliphatic rings. The maximum Gasteiger partial charge on any atom is 0.164 e. The number of benzene rings is 9. The van der Waals surface area contributed by atoms with E-state index in [9.17, 15) is 0 Å². The first-order chi connectivity index (χ1) is 28.8. The van der Waals surface area contributed by atoms with Crippen molar-refractivity contribution in [3.8, 4) is 51.0 Å². The maximum atomic E-state index is 6.94. The van der Waals surface area contributed by atoms with Crippen LogP contribution in [0.2, 0.25) is 0 Å². The average molecular weight is 741 g/mol. The molecule has 5 nitrogen and oxygen atoms in total. The first kappa shape index (κ1) is 32.4. The number of hydrogen-bond donors (Lipinski definition) is 0. The zero-order chi connectivity index (χ0) is 38.2. The molecule has 0 amide bonds. The first-order valence-electron chi connectivity index (χ1n) is 19.5. The highest BCUT2D eigenvalue weighted by atomic mass is 16.3. The third-order valence-electron chi connectivity index (χ3n) is 11.5. The molecule has 0 radical (unpaired) electrons. The van der Waals surface area contributed by atoms with E-state index in [0.29, 0.717) is 17.5 Å². The molecule has 12 rings (SSSR count). The minimum Gasteiger partial charge on any atom is -0.454 e. The molecule has 0 unspecified atom stereocenters. The van der Waals surface area contributed by atoms with E-state index >= 15 is 0 Å². The van der Waals surface area contributed by atoms with E-state index in [1.807, 2.05) is 48.5 Å². The number of nitrogens with zero attached hydrogens (tertiary/aromatic N) is 4. The van der Waals surface area contributed by atoms with Crippen LogP contribution in [0.25, 0.3) is 116 Å². The fraction of sp³-hybridized carbons (Fsp3) is 0. The molecule has 0 aliphatic carbocycles. The topological polar surface area (TPSA) is 56.7 Å². The average Bonchev–Trinajstić information content (AvgIpc) is 3.86. The van der Waals surface area contributed by atoms with Crippen LogP contribution in [0, 0.1) is 0 Å². The van der Waals surface area contributed by atoms with Gasteiger partial charge in [-0.25, -0.2) is 15.0 Å². The Morgan fingerprint density at radius 3 is 1.47 bits per heavy atom. The lowest BCUT2D eigenvalue weighted by Gasteiger charge is -2.13. The van der Waals surface area contributed by atoms with Gasteiger partial charge in [-0.3, -0.25) is 0 Å². The zero-order valence-electron chi connectivity index (χ0n) is 31.2. The van der Waals surface area contributed by atoms with Crippen LogP contribution < -0.4 is 0 Å². The molecule has 0 saturated carbocycles. The van der Waals surface area contributed by atoms with Gasteiger partial charge in [0.1, 0.15) is 5.58 Å². The summed E-state index contributed by atoms with van der Waals surface area (Å²) in [5.74, 6) is 1.80. The Morgan fingerprint density at radius 1 is 0.345 bits per heavy atom. The molecule has 0 spiro atoms. The Kier molecular flexibility index (Phi) is 7.16. The van der Waals surface area contributed by atoms with Crippen molar-refractivity contribution < 1.29 is 4.42 Å². The number of aromatic nitrogens is 4. The molecule has 5 heteroatoms.